The zero-order valence-corrected chi connectivity index (χ0v) is 34.1. The van der Waals surface area contributed by atoms with Crippen LogP contribution >= 0.6 is 21.6 Å². The number of unbranched alkanes of at least 4 members (excludes halogenated alkanes) is 2. The fourth-order valence-electron chi connectivity index (χ4n) is 6.57. The van der Waals surface area contributed by atoms with Crippen molar-refractivity contribution in [3.05, 3.63) is 53.7 Å². The number of nitrogens with two attached hydrogens (primary N) is 1. The zero-order chi connectivity index (χ0) is 39.4. The number of imide groups is 1. The van der Waals surface area contributed by atoms with E-state index in [1.54, 1.807) is 28.7 Å². The number of hydrogen-bond acceptors (Lipinski definition) is 12. The van der Waals surface area contributed by atoms with E-state index in [0.717, 1.165) is 90.5 Å². The molecule has 3 aromatic rings. The second kappa shape index (κ2) is 20.1. The maximum Gasteiger partial charge on any atom is 0.253 e. The van der Waals surface area contributed by atoms with E-state index >= 15 is 0 Å². The van der Waals surface area contributed by atoms with Gasteiger partial charge in [0.25, 0.3) is 11.8 Å². The van der Waals surface area contributed by atoms with Crippen LogP contribution in [0.15, 0.2) is 42.6 Å². The van der Waals surface area contributed by atoms with E-state index in [2.05, 4.69) is 69.0 Å². The summed E-state index contributed by atoms with van der Waals surface area (Å²) < 4.78 is 7.90. The summed E-state index contributed by atoms with van der Waals surface area (Å²) in [6.45, 7) is 12.3. The number of rotatable bonds is 21. The summed E-state index contributed by atoms with van der Waals surface area (Å²) in [5, 5.41) is 6.31. The number of methoxy groups -OCH3 is 1. The number of fused-ring (bicyclic) bond motifs is 1. The van der Waals surface area contributed by atoms with E-state index in [9.17, 15) is 19.2 Å². The average molecular weight is 794 g/mol. The van der Waals surface area contributed by atoms with Gasteiger partial charge in [0.2, 0.25) is 17.8 Å². The first-order valence-electron chi connectivity index (χ1n) is 19.1. The summed E-state index contributed by atoms with van der Waals surface area (Å²) in [4.78, 5) is 62.9. The summed E-state index contributed by atoms with van der Waals surface area (Å²) in [6.07, 6.45) is 9.14. The first-order valence-corrected chi connectivity index (χ1v) is 21.4. The summed E-state index contributed by atoms with van der Waals surface area (Å²) >= 11 is 0. The van der Waals surface area contributed by atoms with E-state index in [4.69, 9.17) is 10.5 Å². The fourth-order valence-corrected chi connectivity index (χ4v) is 9.05. The molecule has 1 aromatic carbocycles. The third-order valence-electron chi connectivity index (χ3n) is 9.72. The number of hydrogen-bond donors (Lipinski definition) is 3. The van der Waals surface area contributed by atoms with Crippen LogP contribution < -0.4 is 21.1 Å². The Morgan fingerprint density at radius 1 is 0.982 bits per heavy atom. The molecule has 2 aliphatic heterocycles. The van der Waals surface area contributed by atoms with Gasteiger partial charge < -0.3 is 30.6 Å². The van der Waals surface area contributed by atoms with Crippen LogP contribution in [0.5, 0.6) is 5.75 Å². The van der Waals surface area contributed by atoms with Gasteiger partial charge in [0, 0.05) is 99.6 Å². The van der Waals surface area contributed by atoms with Crippen LogP contribution in [0.1, 0.15) is 70.4 Å². The molecule has 14 nitrogen and oxygen atoms in total. The minimum atomic E-state index is -0.380. The van der Waals surface area contributed by atoms with E-state index < -0.39 is 0 Å². The summed E-state index contributed by atoms with van der Waals surface area (Å²) in [6, 6.07) is 8.37. The molecule has 0 bridgehead atoms. The molecule has 4 heterocycles. The van der Waals surface area contributed by atoms with E-state index in [1.807, 2.05) is 17.2 Å². The Kier molecular flexibility index (Phi) is 15.3. The summed E-state index contributed by atoms with van der Waals surface area (Å²) in [5.41, 5.74) is 9.97. The molecule has 2 aromatic heterocycles. The average Bonchev–Trinajstić information content (AvgIpc) is 3.72. The Balaban J connectivity index is 1.02. The Morgan fingerprint density at radius 3 is 2.47 bits per heavy atom. The molecule has 0 spiro atoms. The number of carbonyl (C=O) groups is 4. The molecule has 0 saturated carbocycles. The number of piperazine rings is 1. The van der Waals surface area contributed by atoms with Crippen LogP contribution in [0.2, 0.25) is 0 Å². The van der Waals surface area contributed by atoms with E-state index in [1.165, 1.54) is 12.2 Å². The normalized spacial score (nSPS) is 15.0. The standard InChI is InChI=1S/C39H55N9O5S2/c1-5-6-7-16-42-37-36-30(43-38(40)44-37)13-18-47(36)27-29-9-8-28(25-31(29)53-4)26-45-20-22-46(23-21-45)33(50)12-15-39(2,3)55-54-24-17-41-32(49)14-19-48-34(51)10-11-35(48)52/h8-11,13,18,25H,5-7,12,14-17,19-24,26-27H2,1-4H3,(H,41,49)(H3,40,42,43,44). The van der Waals surface area contributed by atoms with Gasteiger partial charge in [0.05, 0.1) is 19.2 Å². The molecule has 1 fully saturated rings. The maximum atomic E-state index is 13.2. The minimum absolute atomic E-state index is 0.0815. The predicted octanol–water partition coefficient (Wildman–Crippen LogP) is 4.69. The van der Waals surface area contributed by atoms with Crippen molar-refractivity contribution in [2.75, 3.05) is 69.7 Å². The predicted molar refractivity (Wildman–Crippen MR) is 221 cm³/mol. The number of aromatic nitrogens is 3. The number of nitrogens with one attached hydrogen (secondary N) is 2. The molecule has 4 amide bonds. The van der Waals surface area contributed by atoms with Gasteiger partial charge in [-0.15, -0.1) is 0 Å². The largest absolute Gasteiger partial charge is 0.496 e. The summed E-state index contributed by atoms with van der Waals surface area (Å²) in [5.74, 6) is 1.78. The molecule has 0 atom stereocenters. The minimum Gasteiger partial charge on any atom is -0.496 e. The molecule has 4 N–H and O–H groups in total. The van der Waals surface area contributed by atoms with Crippen molar-refractivity contribution in [1.82, 2.24) is 34.6 Å². The SMILES string of the molecule is CCCCCNc1nc(N)nc2ccn(Cc3ccc(CN4CCN(C(=O)CCC(C)(C)SSCCNC(=O)CCN5C(=O)C=CC5=O)CC4)cc3OC)c12. The molecular formula is C39H55N9O5S2. The number of carbonyl (C=O) groups excluding carboxylic acids is 4. The highest BCUT2D eigenvalue weighted by Gasteiger charge is 2.26. The van der Waals surface area contributed by atoms with Gasteiger partial charge in [-0.1, -0.05) is 53.5 Å². The van der Waals surface area contributed by atoms with Gasteiger partial charge in [-0.05, 0) is 44.4 Å². The smallest absolute Gasteiger partial charge is 0.253 e. The molecule has 55 heavy (non-hydrogen) atoms. The van der Waals surface area contributed by atoms with Crippen molar-refractivity contribution in [3.8, 4) is 5.75 Å². The van der Waals surface area contributed by atoms with Gasteiger partial charge in [-0.25, -0.2) is 4.98 Å². The van der Waals surface area contributed by atoms with Gasteiger partial charge in [0.1, 0.15) is 11.3 Å². The van der Waals surface area contributed by atoms with Crippen LogP contribution in [0, 0.1) is 0 Å². The number of amides is 4. The van der Waals surface area contributed by atoms with Gasteiger partial charge in [0.15, 0.2) is 5.82 Å². The highest BCUT2D eigenvalue weighted by atomic mass is 33.1. The highest BCUT2D eigenvalue weighted by molar-refractivity contribution is 8.77. The molecule has 0 aliphatic carbocycles. The molecular weight excluding hydrogens is 739 g/mol. The zero-order valence-electron chi connectivity index (χ0n) is 32.5. The third-order valence-corrected chi connectivity index (χ3v) is 13.1. The first-order chi connectivity index (χ1) is 26.5. The molecule has 1 saturated heterocycles. The quantitative estimate of drug-likeness (QED) is 0.0775. The lowest BCUT2D eigenvalue weighted by Crippen LogP contribution is -2.48. The van der Waals surface area contributed by atoms with Crippen molar-refractivity contribution in [2.45, 2.75) is 77.1 Å². The van der Waals surface area contributed by atoms with Crippen molar-refractivity contribution in [1.29, 1.82) is 0 Å². The lowest BCUT2D eigenvalue weighted by Gasteiger charge is -2.35. The maximum absolute atomic E-state index is 13.2. The van der Waals surface area contributed by atoms with Gasteiger partial charge >= 0.3 is 0 Å². The number of nitrogens with zero attached hydrogens (tertiary/aromatic N) is 6. The molecule has 2 aliphatic rings. The summed E-state index contributed by atoms with van der Waals surface area (Å²) in [7, 11) is 5.09. The molecule has 16 heteroatoms. The molecule has 5 rings (SSSR count). The van der Waals surface area contributed by atoms with E-state index in [-0.39, 0.29) is 47.3 Å². The van der Waals surface area contributed by atoms with Gasteiger partial charge in [-0.3, -0.25) is 29.0 Å². The Hall–Kier alpha value is -4.28. The second-order valence-electron chi connectivity index (χ2n) is 14.5. The van der Waals surface area contributed by atoms with Crippen molar-refractivity contribution in [3.63, 3.8) is 0 Å². The molecule has 298 valence electrons. The number of ether oxygens (including phenoxy) is 1. The number of nitrogen functional groups attached to an aromatic ring is 1. The topological polar surface area (TPSA) is 168 Å². The third kappa shape index (κ3) is 12.1. The highest BCUT2D eigenvalue weighted by Crippen LogP contribution is 2.38. The number of benzene rings is 1. The fraction of sp³-hybridized carbons (Fsp3) is 0.538. The first kappa shape index (κ1) is 41.9. The Morgan fingerprint density at radius 2 is 1.75 bits per heavy atom. The monoisotopic (exact) mass is 793 g/mol. The van der Waals surface area contributed by atoms with Crippen molar-refractivity contribution < 1.29 is 23.9 Å². The van der Waals surface area contributed by atoms with Gasteiger partial charge in [-0.2, -0.15) is 4.98 Å². The van der Waals surface area contributed by atoms with Crippen LogP contribution in [0.25, 0.3) is 11.0 Å². The van der Waals surface area contributed by atoms with Crippen LogP contribution in [0.3, 0.4) is 0 Å². The molecule has 0 radical (unpaired) electrons. The van der Waals surface area contributed by atoms with Crippen LogP contribution in [-0.2, 0) is 32.3 Å². The lowest BCUT2D eigenvalue weighted by molar-refractivity contribution is -0.137. The van der Waals surface area contributed by atoms with E-state index in [0.29, 0.717) is 38.4 Å². The Bertz CT molecular complexity index is 1820. The van der Waals surface area contributed by atoms with Crippen molar-refractivity contribution >= 4 is 68.0 Å². The lowest BCUT2D eigenvalue weighted by atomic mass is 10.1. The second-order valence-corrected chi connectivity index (χ2v) is 17.6. The Labute approximate surface area is 331 Å². The molecule has 0 unspecified atom stereocenters. The number of anilines is 2. The van der Waals surface area contributed by atoms with Crippen LogP contribution in [-0.4, -0.2) is 116 Å². The van der Waals surface area contributed by atoms with Crippen molar-refractivity contribution in [2.24, 2.45) is 0 Å². The van der Waals surface area contributed by atoms with Crippen LogP contribution in [0.4, 0.5) is 11.8 Å².